The molecule has 146 valence electrons. The van der Waals surface area contributed by atoms with E-state index in [1.165, 1.54) is 11.3 Å². The van der Waals surface area contributed by atoms with Crippen LogP contribution >= 0.6 is 0 Å². The van der Waals surface area contributed by atoms with Gasteiger partial charge in [0.05, 0.1) is 11.0 Å². The van der Waals surface area contributed by atoms with Crippen LogP contribution in [0.3, 0.4) is 0 Å². The van der Waals surface area contributed by atoms with Crippen molar-refractivity contribution in [3.8, 4) is 0 Å². The number of hydrogen-bond acceptors (Lipinski definition) is 3. The van der Waals surface area contributed by atoms with Crippen LogP contribution in [0.1, 0.15) is 12.0 Å². The van der Waals surface area contributed by atoms with Crippen LogP contribution in [0.2, 0.25) is 0 Å². The molecule has 0 saturated carbocycles. The van der Waals surface area contributed by atoms with Crippen molar-refractivity contribution < 1.29 is 4.79 Å². The lowest BCUT2D eigenvalue weighted by Gasteiger charge is -2.36. The molecule has 1 aliphatic rings. The molecule has 4 rings (SSSR count). The second kappa shape index (κ2) is 7.54. The van der Waals surface area contributed by atoms with E-state index < -0.39 is 0 Å². The summed E-state index contributed by atoms with van der Waals surface area (Å²) in [6.07, 6.45) is 0.346. The summed E-state index contributed by atoms with van der Waals surface area (Å²) in [5, 5.41) is 0. The number of carbonyl (C=O) groups is 1. The Hall–Kier alpha value is -3.02. The number of carbonyl (C=O) groups excluding carboxylic acids is 1. The van der Waals surface area contributed by atoms with E-state index in [-0.39, 0.29) is 11.6 Å². The number of hydrogen-bond donors (Lipinski definition) is 0. The van der Waals surface area contributed by atoms with Crippen molar-refractivity contribution >= 4 is 22.6 Å². The Labute approximate surface area is 164 Å². The Morgan fingerprint density at radius 2 is 1.57 bits per heavy atom. The number of imidazole rings is 1. The van der Waals surface area contributed by atoms with Gasteiger partial charge in [0.15, 0.2) is 0 Å². The number of fused-ring (bicyclic) bond motifs is 1. The largest absolute Gasteiger partial charge is 0.368 e. The summed E-state index contributed by atoms with van der Waals surface area (Å²) < 4.78 is 3.34. The number of para-hydroxylation sites is 3. The number of aromatic nitrogens is 2. The van der Waals surface area contributed by atoms with E-state index in [1.807, 2.05) is 35.2 Å². The van der Waals surface area contributed by atoms with Crippen molar-refractivity contribution in [2.75, 3.05) is 31.1 Å². The van der Waals surface area contributed by atoms with Gasteiger partial charge in [-0.25, -0.2) is 4.79 Å². The molecule has 1 aromatic heterocycles. The summed E-state index contributed by atoms with van der Waals surface area (Å²) >= 11 is 0. The smallest absolute Gasteiger partial charge is 0.328 e. The molecule has 1 amide bonds. The zero-order valence-electron chi connectivity index (χ0n) is 16.5. The third kappa shape index (κ3) is 3.30. The topological polar surface area (TPSA) is 50.5 Å². The van der Waals surface area contributed by atoms with E-state index in [9.17, 15) is 9.59 Å². The minimum atomic E-state index is -0.0710. The highest BCUT2D eigenvalue weighted by atomic mass is 16.2. The second-order valence-electron chi connectivity index (χ2n) is 7.39. The van der Waals surface area contributed by atoms with Gasteiger partial charge in [-0.2, -0.15) is 0 Å². The first kappa shape index (κ1) is 18.3. The Kier molecular flexibility index (Phi) is 4.94. The first-order valence-electron chi connectivity index (χ1n) is 9.79. The van der Waals surface area contributed by atoms with Crippen LogP contribution in [0, 0.1) is 6.92 Å². The van der Waals surface area contributed by atoms with Crippen molar-refractivity contribution in [2.45, 2.75) is 19.9 Å². The highest BCUT2D eigenvalue weighted by Crippen LogP contribution is 2.21. The van der Waals surface area contributed by atoms with E-state index in [0.29, 0.717) is 13.0 Å². The molecular formula is C22H26N4O2. The Bertz CT molecular complexity index is 1060. The average Bonchev–Trinajstić information content (AvgIpc) is 2.97. The third-order valence-corrected chi connectivity index (χ3v) is 5.69. The summed E-state index contributed by atoms with van der Waals surface area (Å²) in [6.45, 7) is 5.65. The molecule has 6 nitrogen and oxygen atoms in total. The average molecular weight is 378 g/mol. The molecule has 0 unspecified atom stereocenters. The number of piperazine rings is 1. The van der Waals surface area contributed by atoms with Crippen molar-refractivity contribution in [2.24, 2.45) is 7.05 Å². The fourth-order valence-corrected chi connectivity index (χ4v) is 4.06. The summed E-state index contributed by atoms with van der Waals surface area (Å²) in [7, 11) is 1.77. The molecule has 0 aliphatic carbocycles. The van der Waals surface area contributed by atoms with Gasteiger partial charge in [-0.15, -0.1) is 0 Å². The molecule has 0 radical (unpaired) electrons. The predicted octanol–water partition coefficient (Wildman–Crippen LogP) is 2.39. The molecule has 0 atom stereocenters. The van der Waals surface area contributed by atoms with E-state index in [1.54, 1.807) is 16.2 Å². The van der Waals surface area contributed by atoms with Gasteiger partial charge in [0, 0.05) is 51.9 Å². The van der Waals surface area contributed by atoms with Gasteiger partial charge in [-0.3, -0.25) is 13.9 Å². The van der Waals surface area contributed by atoms with Crippen LogP contribution in [0.25, 0.3) is 11.0 Å². The van der Waals surface area contributed by atoms with Crippen LogP contribution in [0.5, 0.6) is 0 Å². The molecule has 1 aliphatic heterocycles. The highest BCUT2D eigenvalue weighted by molar-refractivity contribution is 5.78. The lowest BCUT2D eigenvalue weighted by Crippen LogP contribution is -2.49. The van der Waals surface area contributed by atoms with Gasteiger partial charge >= 0.3 is 5.69 Å². The number of nitrogens with zero attached hydrogens (tertiary/aromatic N) is 4. The quantitative estimate of drug-likeness (QED) is 0.700. The van der Waals surface area contributed by atoms with Gasteiger partial charge in [0.25, 0.3) is 0 Å². The van der Waals surface area contributed by atoms with Gasteiger partial charge in [0.2, 0.25) is 5.91 Å². The lowest BCUT2D eigenvalue weighted by molar-refractivity contribution is -0.131. The molecule has 2 aromatic carbocycles. The van der Waals surface area contributed by atoms with Crippen LogP contribution in [-0.4, -0.2) is 46.1 Å². The third-order valence-electron chi connectivity index (χ3n) is 5.69. The number of aryl methyl sites for hydroxylation is 3. The van der Waals surface area contributed by atoms with Crippen molar-refractivity contribution in [3.05, 3.63) is 64.6 Å². The maximum Gasteiger partial charge on any atom is 0.328 e. The fourth-order valence-electron chi connectivity index (χ4n) is 4.06. The molecule has 28 heavy (non-hydrogen) atoms. The number of benzene rings is 2. The maximum atomic E-state index is 12.7. The Morgan fingerprint density at radius 1 is 0.929 bits per heavy atom. The maximum absolute atomic E-state index is 12.7. The molecule has 3 aromatic rings. The van der Waals surface area contributed by atoms with E-state index in [0.717, 1.165) is 37.2 Å². The predicted molar refractivity (Wildman–Crippen MR) is 112 cm³/mol. The van der Waals surface area contributed by atoms with E-state index in [2.05, 4.69) is 30.0 Å². The zero-order valence-corrected chi connectivity index (χ0v) is 16.5. The van der Waals surface area contributed by atoms with Gasteiger partial charge in [-0.05, 0) is 30.7 Å². The van der Waals surface area contributed by atoms with Crippen LogP contribution in [-0.2, 0) is 18.4 Å². The minimum Gasteiger partial charge on any atom is -0.368 e. The van der Waals surface area contributed by atoms with Gasteiger partial charge in [0.1, 0.15) is 0 Å². The fraction of sp³-hybridized carbons (Fsp3) is 0.364. The minimum absolute atomic E-state index is 0.0710. The Balaban J connectivity index is 1.39. The molecular weight excluding hydrogens is 352 g/mol. The number of anilines is 1. The molecule has 2 heterocycles. The Morgan fingerprint density at radius 3 is 2.29 bits per heavy atom. The summed E-state index contributed by atoms with van der Waals surface area (Å²) in [4.78, 5) is 29.5. The molecule has 1 saturated heterocycles. The SMILES string of the molecule is Cc1ccccc1N1CCN(C(=O)CCn2c(=O)n(C)c3ccccc32)CC1. The summed E-state index contributed by atoms with van der Waals surface area (Å²) in [5.41, 5.74) is 4.21. The van der Waals surface area contributed by atoms with Crippen molar-refractivity contribution in [1.82, 2.24) is 14.0 Å². The number of amides is 1. The molecule has 0 bridgehead atoms. The van der Waals surface area contributed by atoms with Crippen molar-refractivity contribution in [1.29, 1.82) is 0 Å². The standard InChI is InChI=1S/C22H26N4O2/c1-17-7-3-4-8-18(17)24-13-15-25(16-14-24)21(27)11-12-26-20-10-6-5-9-19(20)23(2)22(26)28/h3-10H,11-16H2,1-2H3. The number of rotatable bonds is 4. The van der Waals surface area contributed by atoms with E-state index >= 15 is 0 Å². The molecule has 0 N–H and O–H groups in total. The van der Waals surface area contributed by atoms with E-state index in [4.69, 9.17) is 0 Å². The van der Waals surface area contributed by atoms with Crippen molar-refractivity contribution in [3.63, 3.8) is 0 Å². The molecule has 0 spiro atoms. The monoisotopic (exact) mass is 378 g/mol. The normalized spacial score (nSPS) is 14.6. The zero-order chi connectivity index (χ0) is 19.7. The van der Waals surface area contributed by atoms with Gasteiger partial charge < -0.3 is 9.80 Å². The van der Waals surface area contributed by atoms with Crippen LogP contribution < -0.4 is 10.6 Å². The first-order valence-corrected chi connectivity index (χ1v) is 9.79. The highest BCUT2D eigenvalue weighted by Gasteiger charge is 2.22. The van der Waals surface area contributed by atoms with Crippen LogP contribution in [0.4, 0.5) is 5.69 Å². The summed E-state index contributed by atoms with van der Waals surface area (Å²) in [5.74, 6) is 0.115. The molecule has 6 heteroatoms. The summed E-state index contributed by atoms with van der Waals surface area (Å²) in [6, 6.07) is 16.1. The van der Waals surface area contributed by atoms with Crippen LogP contribution in [0.15, 0.2) is 53.3 Å². The van der Waals surface area contributed by atoms with Gasteiger partial charge in [-0.1, -0.05) is 30.3 Å². The first-order chi connectivity index (χ1) is 13.6. The second-order valence-corrected chi connectivity index (χ2v) is 7.39. The lowest BCUT2D eigenvalue weighted by atomic mass is 10.1. The molecule has 1 fully saturated rings.